The van der Waals surface area contributed by atoms with Crippen LogP contribution in [0.2, 0.25) is 5.02 Å². The number of aromatic nitrogens is 1. The van der Waals surface area contributed by atoms with Gasteiger partial charge in [-0.2, -0.15) is 0 Å². The highest BCUT2D eigenvalue weighted by molar-refractivity contribution is 6.31. The molecule has 5 nitrogen and oxygen atoms in total. The number of aryl methyl sites for hydroxylation is 2. The van der Waals surface area contributed by atoms with E-state index in [1.54, 1.807) is 11.1 Å². The van der Waals surface area contributed by atoms with Crippen molar-refractivity contribution in [1.29, 1.82) is 0 Å². The number of rotatable bonds is 4. The lowest BCUT2D eigenvalue weighted by Crippen LogP contribution is -2.41. The zero-order chi connectivity index (χ0) is 20.3. The van der Waals surface area contributed by atoms with Crippen molar-refractivity contribution in [2.45, 2.75) is 40.2 Å². The smallest absolute Gasteiger partial charge is 0.229 e. The third-order valence-electron chi connectivity index (χ3n) is 5.34. The summed E-state index contributed by atoms with van der Waals surface area (Å²) < 4.78 is 0. The number of anilines is 1. The van der Waals surface area contributed by atoms with Crippen LogP contribution in [0.15, 0.2) is 36.5 Å². The second-order valence-electron chi connectivity index (χ2n) is 7.54. The average molecular weight is 400 g/mol. The topological polar surface area (TPSA) is 62.3 Å². The predicted molar refractivity (Wildman–Crippen MR) is 111 cm³/mol. The Labute approximate surface area is 171 Å². The molecule has 0 spiro atoms. The zero-order valence-corrected chi connectivity index (χ0v) is 17.3. The Balaban J connectivity index is 1.74. The molecule has 0 aliphatic carbocycles. The summed E-state index contributed by atoms with van der Waals surface area (Å²) in [5.41, 5.74) is 3.54. The van der Waals surface area contributed by atoms with Crippen LogP contribution in [0.3, 0.4) is 0 Å². The molecule has 0 bridgehead atoms. The van der Waals surface area contributed by atoms with Crippen molar-refractivity contribution < 1.29 is 9.59 Å². The van der Waals surface area contributed by atoms with Gasteiger partial charge in [-0.05, 0) is 56.0 Å². The van der Waals surface area contributed by atoms with Gasteiger partial charge in [-0.25, -0.2) is 0 Å². The minimum atomic E-state index is -0.266. The molecule has 3 rings (SSSR count). The number of nitrogens with zero attached hydrogens (tertiary/aromatic N) is 2. The number of benzene rings is 1. The first-order chi connectivity index (χ1) is 13.4. The van der Waals surface area contributed by atoms with Gasteiger partial charge in [-0.3, -0.25) is 14.6 Å². The summed E-state index contributed by atoms with van der Waals surface area (Å²) in [5.74, 6) is -0.389. The molecular formula is C22H26ClN3O2. The van der Waals surface area contributed by atoms with E-state index >= 15 is 0 Å². The van der Waals surface area contributed by atoms with Gasteiger partial charge in [0.25, 0.3) is 0 Å². The minimum Gasteiger partial charge on any atom is -0.352 e. The lowest BCUT2D eigenvalue weighted by Gasteiger charge is -2.26. The normalized spacial score (nSPS) is 20.0. The molecule has 2 aromatic rings. The molecule has 1 aliphatic rings. The lowest BCUT2D eigenvalue weighted by atomic mass is 9.98. The number of hydrogen-bond acceptors (Lipinski definition) is 3. The second kappa shape index (κ2) is 8.74. The van der Waals surface area contributed by atoms with Crippen LogP contribution < -0.4 is 10.2 Å². The van der Waals surface area contributed by atoms with Crippen molar-refractivity contribution in [3.8, 4) is 0 Å². The Bertz CT molecular complexity index is 884. The lowest BCUT2D eigenvalue weighted by molar-refractivity contribution is -0.125. The monoisotopic (exact) mass is 399 g/mol. The summed E-state index contributed by atoms with van der Waals surface area (Å²) in [6, 6.07) is 9.51. The highest BCUT2D eigenvalue weighted by Gasteiger charge is 2.33. The Morgan fingerprint density at radius 3 is 2.79 bits per heavy atom. The fraction of sp³-hybridized carbons (Fsp3) is 0.409. The van der Waals surface area contributed by atoms with E-state index in [0.717, 1.165) is 22.5 Å². The Morgan fingerprint density at radius 2 is 2.07 bits per heavy atom. The van der Waals surface area contributed by atoms with Gasteiger partial charge in [0, 0.05) is 30.2 Å². The largest absolute Gasteiger partial charge is 0.352 e. The van der Waals surface area contributed by atoms with Gasteiger partial charge in [0.15, 0.2) is 0 Å². The van der Waals surface area contributed by atoms with E-state index in [9.17, 15) is 9.59 Å². The molecule has 28 heavy (non-hydrogen) atoms. The number of nitrogens with one attached hydrogen (secondary N) is 1. The molecular weight excluding hydrogens is 374 g/mol. The van der Waals surface area contributed by atoms with Crippen molar-refractivity contribution in [3.05, 3.63) is 58.4 Å². The average Bonchev–Trinajstić information content (AvgIpc) is 2.81. The van der Waals surface area contributed by atoms with Crippen LogP contribution in [0.25, 0.3) is 0 Å². The Morgan fingerprint density at radius 1 is 1.29 bits per heavy atom. The minimum absolute atomic E-state index is 0.0491. The summed E-state index contributed by atoms with van der Waals surface area (Å²) in [6.07, 6.45) is 3.08. The molecule has 1 aliphatic heterocycles. The molecule has 2 atom stereocenters. The van der Waals surface area contributed by atoms with Gasteiger partial charge < -0.3 is 10.2 Å². The van der Waals surface area contributed by atoms with Crippen molar-refractivity contribution in [2.75, 3.05) is 11.4 Å². The standard InChI is InChI=1S/C22H26ClN3O2/c1-14-6-8-17(19(23)11-14)12-25-21(27)18-9-7-15(2)22(28)26(13-18)20-5-4-10-24-16(20)3/h4-6,8,10-11,15,18H,7,9,12-13H2,1-3H3,(H,25,27). The maximum atomic E-state index is 12.9. The highest BCUT2D eigenvalue weighted by atomic mass is 35.5. The number of amides is 2. The third-order valence-corrected chi connectivity index (χ3v) is 5.69. The molecule has 1 fully saturated rings. The van der Waals surface area contributed by atoms with Crippen LogP contribution >= 0.6 is 11.6 Å². The predicted octanol–water partition coefficient (Wildman–Crippen LogP) is 4.05. The van der Waals surface area contributed by atoms with Gasteiger partial charge in [-0.1, -0.05) is 30.7 Å². The van der Waals surface area contributed by atoms with E-state index in [-0.39, 0.29) is 23.7 Å². The maximum absolute atomic E-state index is 12.9. The Hall–Kier alpha value is -2.40. The first-order valence-electron chi connectivity index (χ1n) is 9.62. The first-order valence-corrected chi connectivity index (χ1v) is 10.0. The molecule has 1 saturated heterocycles. The zero-order valence-electron chi connectivity index (χ0n) is 16.5. The molecule has 0 radical (unpaired) electrons. The quantitative estimate of drug-likeness (QED) is 0.843. The van der Waals surface area contributed by atoms with E-state index in [1.807, 2.05) is 51.1 Å². The summed E-state index contributed by atoms with van der Waals surface area (Å²) in [6.45, 7) is 6.53. The Kier molecular flexibility index (Phi) is 6.35. The van der Waals surface area contributed by atoms with Gasteiger partial charge in [0.05, 0.1) is 17.3 Å². The summed E-state index contributed by atoms with van der Waals surface area (Å²) in [5, 5.41) is 3.65. The van der Waals surface area contributed by atoms with Crippen LogP contribution in [-0.2, 0) is 16.1 Å². The van der Waals surface area contributed by atoms with Crippen molar-refractivity contribution in [1.82, 2.24) is 10.3 Å². The van der Waals surface area contributed by atoms with Gasteiger partial charge in [0.2, 0.25) is 11.8 Å². The molecule has 2 amide bonds. The molecule has 6 heteroatoms. The fourth-order valence-corrected chi connectivity index (χ4v) is 3.86. The molecule has 2 unspecified atom stereocenters. The van der Waals surface area contributed by atoms with E-state index < -0.39 is 0 Å². The van der Waals surface area contributed by atoms with Gasteiger partial charge >= 0.3 is 0 Å². The SMILES string of the molecule is Cc1ccc(CNC(=O)C2CCC(C)C(=O)N(c3cccnc3C)C2)c(Cl)c1. The van der Waals surface area contributed by atoms with Crippen molar-refractivity contribution in [2.24, 2.45) is 11.8 Å². The maximum Gasteiger partial charge on any atom is 0.229 e. The van der Waals surface area contributed by atoms with E-state index in [2.05, 4.69) is 10.3 Å². The van der Waals surface area contributed by atoms with Crippen LogP contribution in [0.1, 0.15) is 36.6 Å². The highest BCUT2D eigenvalue weighted by Crippen LogP contribution is 2.28. The number of halogens is 1. The first kappa shape index (κ1) is 20.3. The summed E-state index contributed by atoms with van der Waals surface area (Å²) in [4.78, 5) is 31.8. The molecule has 1 aromatic heterocycles. The molecule has 2 heterocycles. The second-order valence-corrected chi connectivity index (χ2v) is 7.95. The summed E-state index contributed by atoms with van der Waals surface area (Å²) in [7, 11) is 0. The van der Waals surface area contributed by atoms with Crippen LogP contribution in [0.5, 0.6) is 0 Å². The van der Waals surface area contributed by atoms with Crippen LogP contribution in [0, 0.1) is 25.7 Å². The fourth-order valence-electron chi connectivity index (χ4n) is 3.56. The molecule has 148 valence electrons. The van der Waals surface area contributed by atoms with Crippen molar-refractivity contribution in [3.63, 3.8) is 0 Å². The van der Waals surface area contributed by atoms with E-state index in [0.29, 0.717) is 31.0 Å². The van der Waals surface area contributed by atoms with Crippen LogP contribution in [-0.4, -0.2) is 23.3 Å². The van der Waals surface area contributed by atoms with Crippen LogP contribution in [0.4, 0.5) is 5.69 Å². The number of carbonyl (C=O) groups excluding carboxylic acids is 2. The van der Waals surface area contributed by atoms with E-state index in [4.69, 9.17) is 11.6 Å². The van der Waals surface area contributed by atoms with Crippen molar-refractivity contribution >= 4 is 29.1 Å². The molecule has 0 saturated carbocycles. The third kappa shape index (κ3) is 4.53. The molecule has 1 N–H and O–H groups in total. The molecule has 1 aromatic carbocycles. The summed E-state index contributed by atoms with van der Waals surface area (Å²) >= 11 is 6.27. The number of hydrogen-bond donors (Lipinski definition) is 1. The van der Waals surface area contributed by atoms with Gasteiger partial charge in [-0.15, -0.1) is 0 Å². The number of pyridine rings is 1. The number of carbonyl (C=O) groups is 2. The van der Waals surface area contributed by atoms with Gasteiger partial charge in [0.1, 0.15) is 0 Å². The van der Waals surface area contributed by atoms with E-state index in [1.165, 1.54) is 0 Å².